The van der Waals surface area contributed by atoms with E-state index in [0.717, 1.165) is 0 Å². The maximum absolute atomic E-state index is 13.9. The third kappa shape index (κ3) is 2.68. The van der Waals surface area contributed by atoms with Crippen LogP contribution in [-0.2, 0) is 4.74 Å². The fourth-order valence-electron chi connectivity index (χ4n) is 1.68. The number of rotatable bonds is 3. The van der Waals surface area contributed by atoms with Crippen molar-refractivity contribution in [3.05, 3.63) is 39.8 Å². The van der Waals surface area contributed by atoms with Crippen molar-refractivity contribution in [2.24, 2.45) is 0 Å². The quantitative estimate of drug-likeness (QED) is 0.806. The fraction of sp³-hybridized carbons (Fsp3) is 0.231. The molecule has 1 aromatic heterocycles. The van der Waals surface area contributed by atoms with Crippen molar-refractivity contribution in [2.75, 3.05) is 6.61 Å². The summed E-state index contributed by atoms with van der Waals surface area (Å²) in [5.74, 6) is -0.762. The largest absolute Gasteiger partial charge is 0.462 e. The van der Waals surface area contributed by atoms with Crippen LogP contribution < -0.4 is 0 Å². The van der Waals surface area contributed by atoms with E-state index >= 15 is 0 Å². The lowest BCUT2D eigenvalue weighted by molar-refractivity contribution is 0.0525. The zero-order chi connectivity index (χ0) is 14.0. The molecule has 1 heterocycles. The van der Waals surface area contributed by atoms with Crippen molar-refractivity contribution in [1.29, 1.82) is 0 Å². The molecule has 0 fully saturated rings. The van der Waals surface area contributed by atoms with Gasteiger partial charge in [0.15, 0.2) is 0 Å². The van der Waals surface area contributed by atoms with Gasteiger partial charge in [-0.15, -0.1) is 0 Å². The Morgan fingerprint density at radius 3 is 2.89 bits per heavy atom. The average molecular weight is 328 g/mol. The Bertz CT molecular complexity index is 624. The van der Waals surface area contributed by atoms with Gasteiger partial charge in [0.1, 0.15) is 22.8 Å². The molecule has 100 valence electrons. The summed E-state index contributed by atoms with van der Waals surface area (Å²) < 4.78 is 24.4. The van der Waals surface area contributed by atoms with Crippen molar-refractivity contribution in [3.63, 3.8) is 0 Å². The van der Waals surface area contributed by atoms with Gasteiger partial charge in [0.2, 0.25) is 0 Å². The van der Waals surface area contributed by atoms with Gasteiger partial charge in [-0.25, -0.2) is 9.18 Å². The van der Waals surface area contributed by atoms with Gasteiger partial charge in [0.05, 0.1) is 6.61 Å². The fourth-order valence-corrected chi connectivity index (χ4v) is 2.01. The molecule has 0 radical (unpaired) electrons. The Hall–Kier alpha value is -1.69. The molecule has 2 rings (SSSR count). The molecule has 0 aliphatic heterocycles. The van der Waals surface area contributed by atoms with Crippen molar-refractivity contribution < 1.29 is 18.4 Å². The molecule has 0 atom stereocenters. The van der Waals surface area contributed by atoms with Crippen LogP contribution in [0.15, 0.2) is 27.2 Å². The number of aryl methyl sites for hydroxylation is 1. The van der Waals surface area contributed by atoms with Gasteiger partial charge in [-0.1, -0.05) is 21.1 Å². The first-order chi connectivity index (χ1) is 9.04. The van der Waals surface area contributed by atoms with Crippen LogP contribution in [0.3, 0.4) is 0 Å². The first kappa shape index (κ1) is 13.7. The average Bonchev–Trinajstić information content (AvgIpc) is 2.71. The van der Waals surface area contributed by atoms with Crippen molar-refractivity contribution >= 4 is 21.9 Å². The molecular weight excluding hydrogens is 317 g/mol. The van der Waals surface area contributed by atoms with Crippen LogP contribution in [0.4, 0.5) is 4.39 Å². The van der Waals surface area contributed by atoms with Gasteiger partial charge >= 0.3 is 5.97 Å². The van der Waals surface area contributed by atoms with Crippen molar-refractivity contribution in [2.45, 2.75) is 13.8 Å². The highest BCUT2D eigenvalue weighted by Crippen LogP contribution is 2.29. The summed E-state index contributed by atoms with van der Waals surface area (Å²) in [7, 11) is 0. The predicted molar refractivity (Wildman–Crippen MR) is 70.3 cm³/mol. The van der Waals surface area contributed by atoms with E-state index in [4.69, 9.17) is 9.26 Å². The zero-order valence-electron chi connectivity index (χ0n) is 10.4. The lowest BCUT2D eigenvalue weighted by Gasteiger charge is -2.04. The topological polar surface area (TPSA) is 52.3 Å². The molecule has 0 bridgehead atoms. The third-order valence-electron chi connectivity index (χ3n) is 2.53. The van der Waals surface area contributed by atoms with Gasteiger partial charge in [-0.2, -0.15) is 0 Å². The molecule has 2 aromatic rings. The second-order valence-electron chi connectivity index (χ2n) is 3.81. The molecule has 19 heavy (non-hydrogen) atoms. The smallest absolute Gasteiger partial charge is 0.344 e. The SMILES string of the molecule is CCOC(=O)c1c(-c2ccc(Br)cc2F)noc1C. The highest BCUT2D eigenvalue weighted by molar-refractivity contribution is 9.10. The second-order valence-corrected chi connectivity index (χ2v) is 4.72. The molecule has 4 nitrogen and oxygen atoms in total. The Morgan fingerprint density at radius 1 is 1.53 bits per heavy atom. The zero-order valence-corrected chi connectivity index (χ0v) is 12.0. The summed E-state index contributed by atoms with van der Waals surface area (Å²) in [6.45, 7) is 3.51. The maximum Gasteiger partial charge on any atom is 0.344 e. The number of carbonyl (C=O) groups excluding carboxylic acids is 1. The number of hydrogen-bond acceptors (Lipinski definition) is 4. The number of benzene rings is 1. The number of hydrogen-bond donors (Lipinski definition) is 0. The van der Waals surface area contributed by atoms with Gasteiger partial charge < -0.3 is 9.26 Å². The van der Waals surface area contributed by atoms with E-state index in [-0.39, 0.29) is 23.4 Å². The molecule has 1 aromatic carbocycles. The summed E-state index contributed by atoms with van der Waals surface area (Å²) >= 11 is 3.17. The van der Waals surface area contributed by atoms with Crippen LogP contribution in [0.25, 0.3) is 11.3 Å². The van der Waals surface area contributed by atoms with Crippen molar-refractivity contribution in [1.82, 2.24) is 5.16 Å². The van der Waals surface area contributed by atoms with E-state index in [1.165, 1.54) is 12.1 Å². The van der Waals surface area contributed by atoms with Gasteiger partial charge in [0.25, 0.3) is 0 Å². The highest BCUT2D eigenvalue weighted by atomic mass is 79.9. The minimum absolute atomic E-state index is 0.154. The minimum atomic E-state index is -0.571. The monoisotopic (exact) mass is 327 g/mol. The molecular formula is C13H11BrFNO3. The molecule has 0 saturated heterocycles. The number of nitrogens with zero attached hydrogens (tertiary/aromatic N) is 1. The molecule has 0 N–H and O–H groups in total. The summed E-state index contributed by atoms with van der Waals surface area (Å²) in [6, 6.07) is 4.49. The van der Waals surface area contributed by atoms with Crippen LogP contribution >= 0.6 is 15.9 Å². The van der Waals surface area contributed by atoms with Gasteiger partial charge in [0, 0.05) is 10.0 Å². The number of carbonyl (C=O) groups is 1. The Kier molecular flexibility index (Phi) is 3.99. The lowest BCUT2D eigenvalue weighted by atomic mass is 10.1. The molecule has 0 saturated carbocycles. The van der Waals surface area contributed by atoms with Crippen LogP contribution in [0, 0.1) is 12.7 Å². The van der Waals surface area contributed by atoms with Gasteiger partial charge in [-0.05, 0) is 32.0 Å². The highest BCUT2D eigenvalue weighted by Gasteiger charge is 2.24. The number of aromatic nitrogens is 1. The standard InChI is InChI=1S/C13H11BrFNO3/c1-3-18-13(17)11-7(2)19-16-12(11)9-5-4-8(14)6-10(9)15/h4-6H,3H2,1-2H3. The van der Waals surface area contributed by atoms with Crippen LogP contribution in [0.5, 0.6) is 0 Å². The molecule has 0 spiro atoms. The van der Waals surface area contributed by atoms with E-state index in [1.54, 1.807) is 19.9 Å². The molecule has 0 aliphatic carbocycles. The van der Waals surface area contributed by atoms with E-state index in [9.17, 15) is 9.18 Å². The van der Waals surface area contributed by atoms with Crippen LogP contribution in [0.1, 0.15) is 23.0 Å². The summed E-state index contributed by atoms with van der Waals surface area (Å²) in [6.07, 6.45) is 0. The summed E-state index contributed by atoms with van der Waals surface area (Å²) in [5, 5.41) is 3.75. The van der Waals surface area contributed by atoms with Crippen LogP contribution in [0.2, 0.25) is 0 Å². The van der Waals surface area contributed by atoms with E-state index < -0.39 is 11.8 Å². The Morgan fingerprint density at radius 2 is 2.26 bits per heavy atom. The van der Waals surface area contributed by atoms with E-state index in [0.29, 0.717) is 10.2 Å². The molecule has 0 aliphatic rings. The van der Waals surface area contributed by atoms with Crippen LogP contribution in [-0.4, -0.2) is 17.7 Å². The number of ether oxygens (including phenoxy) is 1. The molecule has 0 amide bonds. The molecule has 6 heteroatoms. The summed E-state index contributed by atoms with van der Waals surface area (Å²) in [4.78, 5) is 11.8. The number of esters is 1. The molecule has 0 unspecified atom stereocenters. The van der Waals surface area contributed by atoms with E-state index in [2.05, 4.69) is 21.1 Å². The lowest BCUT2D eigenvalue weighted by Crippen LogP contribution is -2.07. The minimum Gasteiger partial charge on any atom is -0.462 e. The third-order valence-corrected chi connectivity index (χ3v) is 3.02. The summed E-state index contributed by atoms with van der Waals surface area (Å²) in [5.41, 5.74) is 0.507. The maximum atomic E-state index is 13.9. The number of halogens is 2. The Labute approximate surface area is 117 Å². The first-order valence-electron chi connectivity index (χ1n) is 5.63. The first-order valence-corrected chi connectivity index (χ1v) is 6.42. The normalized spacial score (nSPS) is 10.5. The van der Waals surface area contributed by atoms with Crippen molar-refractivity contribution in [3.8, 4) is 11.3 Å². The van der Waals surface area contributed by atoms with Gasteiger partial charge in [-0.3, -0.25) is 0 Å². The Balaban J connectivity index is 2.54. The predicted octanol–water partition coefficient (Wildman–Crippen LogP) is 3.73. The second kappa shape index (κ2) is 5.52. The van der Waals surface area contributed by atoms with E-state index in [1.807, 2.05) is 0 Å².